The zero-order chi connectivity index (χ0) is 17.3. The van der Waals surface area contributed by atoms with Crippen LogP contribution in [0, 0.1) is 0 Å². The number of rotatable bonds is 3. The molecule has 0 unspecified atom stereocenters. The van der Waals surface area contributed by atoms with Crippen LogP contribution in [0.2, 0.25) is 0 Å². The molecule has 0 aliphatic carbocycles. The number of hydrogen-bond acceptors (Lipinski definition) is 2. The maximum atomic E-state index is 11.2. The fraction of sp³-hybridized carbons (Fsp3) is 0.526. The van der Waals surface area contributed by atoms with Crippen LogP contribution in [0.1, 0.15) is 65.2 Å². The van der Waals surface area contributed by atoms with Gasteiger partial charge in [-0.05, 0) is 34.4 Å². The molecule has 0 spiro atoms. The van der Waals surface area contributed by atoms with Gasteiger partial charge in [-0.25, -0.2) is 4.79 Å². The maximum absolute atomic E-state index is 11.2. The summed E-state index contributed by atoms with van der Waals surface area (Å²) in [6.45, 7) is 14.0. The second-order valence-electron chi connectivity index (χ2n) is 7.84. The largest absolute Gasteiger partial charge is 0.507 e. The number of benzene rings is 1. The van der Waals surface area contributed by atoms with E-state index in [1.54, 1.807) is 13.0 Å². The fourth-order valence-corrected chi connectivity index (χ4v) is 2.46. The van der Waals surface area contributed by atoms with E-state index in [1.807, 2.05) is 53.7 Å². The molecule has 0 aliphatic heterocycles. The fourth-order valence-electron chi connectivity index (χ4n) is 2.46. The Labute approximate surface area is 133 Å². The predicted octanol–water partition coefficient (Wildman–Crippen LogP) is 4.56. The number of phenolic OH excluding ortho intramolecular Hbond substituents is 1. The summed E-state index contributed by atoms with van der Waals surface area (Å²) in [7, 11) is 0. The Balaban J connectivity index is 3.51. The third-order valence-corrected chi connectivity index (χ3v) is 3.80. The Bertz CT molecular complexity index is 561. The number of carboxylic acid groups (broad SMARTS) is 1. The first kappa shape index (κ1) is 18.3. The van der Waals surface area contributed by atoms with Crippen LogP contribution in [0.5, 0.6) is 5.75 Å². The van der Waals surface area contributed by atoms with Gasteiger partial charge in [0.05, 0.1) is 0 Å². The molecule has 1 aromatic carbocycles. The molecule has 0 amide bonds. The molecule has 22 heavy (non-hydrogen) atoms. The lowest BCUT2D eigenvalue weighted by Gasteiger charge is -2.28. The van der Waals surface area contributed by atoms with E-state index in [2.05, 4.69) is 0 Å². The summed E-state index contributed by atoms with van der Waals surface area (Å²) in [5.74, 6) is -0.578. The Morgan fingerprint density at radius 3 is 1.73 bits per heavy atom. The van der Waals surface area contributed by atoms with Crippen molar-refractivity contribution in [3.63, 3.8) is 0 Å². The Morgan fingerprint density at radius 1 is 1.05 bits per heavy atom. The first-order valence-electron chi connectivity index (χ1n) is 7.63. The molecule has 0 aliphatic rings. The van der Waals surface area contributed by atoms with E-state index in [4.69, 9.17) is 0 Å². The van der Waals surface area contributed by atoms with Crippen LogP contribution >= 0.6 is 0 Å². The smallest absolute Gasteiger partial charge is 0.331 e. The van der Waals surface area contributed by atoms with Crippen molar-refractivity contribution in [2.24, 2.45) is 0 Å². The van der Waals surface area contributed by atoms with Crippen LogP contribution < -0.4 is 0 Å². The van der Waals surface area contributed by atoms with Gasteiger partial charge in [0.2, 0.25) is 0 Å². The van der Waals surface area contributed by atoms with Gasteiger partial charge in [-0.15, -0.1) is 0 Å². The molecule has 0 bridgehead atoms. The van der Waals surface area contributed by atoms with E-state index in [0.29, 0.717) is 17.7 Å². The summed E-state index contributed by atoms with van der Waals surface area (Å²) in [5, 5.41) is 19.9. The van der Waals surface area contributed by atoms with Gasteiger partial charge in [0.25, 0.3) is 0 Å². The summed E-state index contributed by atoms with van der Waals surface area (Å²) in [5.41, 5.74) is 2.58. The van der Waals surface area contributed by atoms with E-state index in [1.165, 1.54) is 0 Å². The average molecular weight is 304 g/mol. The molecule has 1 aromatic rings. The number of allylic oxidation sites excluding steroid dienone is 1. The zero-order valence-electron chi connectivity index (χ0n) is 14.7. The second kappa shape index (κ2) is 6.15. The number of aliphatic carboxylic acids is 1. The molecular weight excluding hydrogens is 276 g/mol. The monoisotopic (exact) mass is 304 g/mol. The standard InChI is InChI=1S/C19H28O3/c1-8-13(17(21)22)9-12-10-14(18(2,3)4)16(20)15(11-12)19(5,6)7/h8,10-11,20H,9H2,1-7H3,(H,21,22)/b13-8+. The van der Waals surface area contributed by atoms with Crippen LogP contribution in [0.15, 0.2) is 23.8 Å². The van der Waals surface area contributed by atoms with Crippen molar-refractivity contribution in [3.05, 3.63) is 40.5 Å². The number of phenols is 1. The van der Waals surface area contributed by atoms with Gasteiger partial charge in [-0.2, -0.15) is 0 Å². The van der Waals surface area contributed by atoms with Gasteiger partial charge in [-0.3, -0.25) is 0 Å². The Hall–Kier alpha value is -1.77. The zero-order valence-corrected chi connectivity index (χ0v) is 14.7. The van der Waals surface area contributed by atoms with Gasteiger partial charge >= 0.3 is 5.97 Å². The van der Waals surface area contributed by atoms with Gasteiger partial charge < -0.3 is 10.2 Å². The molecule has 0 saturated heterocycles. The van der Waals surface area contributed by atoms with Crippen molar-refractivity contribution in [1.82, 2.24) is 0 Å². The van der Waals surface area contributed by atoms with Crippen molar-refractivity contribution in [1.29, 1.82) is 0 Å². The van der Waals surface area contributed by atoms with Crippen molar-refractivity contribution in [2.45, 2.75) is 65.7 Å². The molecule has 0 saturated carbocycles. The van der Waals surface area contributed by atoms with Crippen LogP contribution in [-0.2, 0) is 22.0 Å². The molecule has 122 valence electrons. The molecular formula is C19H28O3. The Kier molecular flexibility index (Phi) is 5.11. The minimum absolute atomic E-state index is 0.209. The van der Waals surface area contributed by atoms with Crippen LogP contribution in [-0.4, -0.2) is 16.2 Å². The van der Waals surface area contributed by atoms with E-state index in [9.17, 15) is 15.0 Å². The highest BCUT2D eigenvalue weighted by molar-refractivity contribution is 5.87. The SMILES string of the molecule is C/C=C(\Cc1cc(C(C)(C)C)c(O)c(C(C)(C)C)c1)C(=O)O. The first-order chi connectivity index (χ1) is 9.87. The normalized spacial score (nSPS) is 13.3. The number of aromatic hydroxyl groups is 1. The molecule has 1 rings (SSSR count). The summed E-state index contributed by atoms with van der Waals surface area (Å²) < 4.78 is 0. The minimum Gasteiger partial charge on any atom is -0.507 e. The van der Waals surface area contributed by atoms with Gasteiger partial charge in [0.15, 0.2) is 0 Å². The lowest BCUT2D eigenvalue weighted by Crippen LogP contribution is -2.18. The van der Waals surface area contributed by atoms with Crippen LogP contribution in [0.4, 0.5) is 0 Å². The molecule has 3 heteroatoms. The van der Waals surface area contributed by atoms with E-state index in [-0.39, 0.29) is 10.8 Å². The van der Waals surface area contributed by atoms with E-state index in [0.717, 1.165) is 16.7 Å². The van der Waals surface area contributed by atoms with Gasteiger partial charge in [0, 0.05) is 12.0 Å². The van der Waals surface area contributed by atoms with Crippen molar-refractivity contribution >= 4 is 5.97 Å². The van der Waals surface area contributed by atoms with Crippen molar-refractivity contribution in [3.8, 4) is 5.75 Å². The van der Waals surface area contributed by atoms with Crippen LogP contribution in [0.3, 0.4) is 0 Å². The van der Waals surface area contributed by atoms with Gasteiger partial charge in [-0.1, -0.05) is 59.8 Å². The molecule has 3 nitrogen and oxygen atoms in total. The summed E-state index contributed by atoms with van der Waals surface area (Å²) in [4.78, 5) is 11.2. The first-order valence-corrected chi connectivity index (χ1v) is 7.63. The predicted molar refractivity (Wildman–Crippen MR) is 90.6 cm³/mol. The number of carboxylic acids is 1. The van der Waals surface area contributed by atoms with Crippen LogP contribution in [0.25, 0.3) is 0 Å². The van der Waals surface area contributed by atoms with Gasteiger partial charge in [0.1, 0.15) is 5.75 Å². The third kappa shape index (κ3) is 4.12. The van der Waals surface area contributed by atoms with E-state index >= 15 is 0 Å². The average Bonchev–Trinajstić information content (AvgIpc) is 2.34. The highest BCUT2D eigenvalue weighted by Crippen LogP contribution is 2.40. The molecule has 0 atom stereocenters. The molecule has 0 aromatic heterocycles. The molecule has 2 N–H and O–H groups in total. The minimum atomic E-state index is -0.898. The highest BCUT2D eigenvalue weighted by atomic mass is 16.4. The quantitative estimate of drug-likeness (QED) is 0.805. The lowest BCUT2D eigenvalue weighted by molar-refractivity contribution is -0.132. The molecule has 0 heterocycles. The van der Waals surface area contributed by atoms with Crippen molar-refractivity contribution in [2.75, 3.05) is 0 Å². The summed E-state index contributed by atoms with van der Waals surface area (Å²) in [6, 6.07) is 3.86. The Morgan fingerprint density at radius 2 is 1.45 bits per heavy atom. The lowest BCUT2D eigenvalue weighted by atomic mass is 9.78. The van der Waals surface area contributed by atoms with Crippen molar-refractivity contribution < 1.29 is 15.0 Å². The summed E-state index contributed by atoms with van der Waals surface area (Å²) >= 11 is 0. The molecule has 0 fully saturated rings. The number of hydrogen-bond donors (Lipinski definition) is 2. The second-order valence-corrected chi connectivity index (χ2v) is 7.84. The molecule has 0 radical (unpaired) electrons. The third-order valence-electron chi connectivity index (χ3n) is 3.80. The number of carbonyl (C=O) groups is 1. The topological polar surface area (TPSA) is 57.5 Å². The summed E-state index contributed by atoms with van der Waals surface area (Å²) in [6.07, 6.45) is 1.99. The maximum Gasteiger partial charge on any atom is 0.331 e. The van der Waals surface area contributed by atoms with E-state index < -0.39 is 5.97 Å². The highest BCUT2D eigenvalue weighted by Gasteiger charge is 2.26.